The van der Waals surface area contributed by atoms with Gasteiger partial charge in [-0.3, -0.25) is 9.59 Å². The zero-order valence-corrected chi connectivity index (χ0v) is 17.7. The number of ether oxygens (including phenoxy) is 1. The van der Waals surface area contributed by atoms with Gasteiger partial charge in [0.25, 0.3) is 5.91 Å². The van der Waals surface area contributed by atoms with Crippen LogP contribution in [-0.2, 0) is 4.79 Å². The van der Waals surface area contributed by atoms with Gasteiger partial charge in [-0.25, -0.2) is 4.68 Å². The molecule has 166 valence electrons. The maximum absolute atomic E-state index is 12.4. The highest BCUT2D eigenvalue weighted by atomic mass is 16.5. The van der Waals surface area contributed by atoms with Crippen LogP contribution in [0.15, 0.2) is 79.1 Å². The Hall–Kier alpha value is -4.73. The van der Waals surface area contributed by atoms with Gasteiger partial charge in [-0.1, -0.05) is 0 Å². The number of anilines is 3. The molecule has 10 nitrogen and oxygen atoms in total. The highest BCUT2D eigenvalue weighted by molar-refractivity contribution is 6.04. The van der Waals surface area contributed by atoms with Crippen LogP contribution in [0.2, 0.25) is 0 Å². The van der Waals surface area contributed by atoms with Gasteiger partial charge >= 0.3 is 0 Å². The fourth-order valence-corrected chi connectivity index (χ4v) is 2.98. The van der Waals surface area contributed by atoms with Gasteiger partial charge in [0.1, 0.15) is 12.1 Å². The monoisotopic (exact) mass is 443 g/mol. The number of aromatic nitrogens is 4. The third-order valence-corrected chi connectivity index (χ3v) is 4.71. The minimum absolute atomic E-state index is 0.0872. The largest absolute Gasteiger partial charge is 0.497 e. The SMILES string of the molecule is COc1ccc(NC(=O)c2ccc(NC(=O)CNc3ccc(-n4cnnn4)cc3)cc2)cc1. The number of tetrazole rings is 1. The number of hydrogen-bond acceptors (Lipinski definition) is 7. The second-order valence-electron chi connectivity index (χ2n) is 6.96. The summed E-state index contributed by atoms with van der Waals surface area (Å²) >= 11 is 0. The number of amides is 2. The third-order valence-electron chi connectivity index (χ3n) is 4.71. The van der Waals surface area contributed by atoms with E-state index >= 15 is 0 Å². The molecule has 0 aliphatic heterocycles. The Morgan fingerprint density at radius 3 is 2.12 bits per heavy atom. The standard InChI is InChI=1S/C23H21N7O3/c1-33-21-12-8-19(9-13-21)27-23(32)16-2-4-18(5-3-16)26-22(31)14-24-17-6-10-20(11-7-17)30-15-25-28-29-30/h2-13,15,24H,14H2,1H3,(H,26,31)(H,27,32). The van der Waals surface area contributed by atoms with Gasteiger partial charge in [0, 0.05) is 22.6 Å². The summed E-state index contributed by atoms with van der Waals surface area (Å²) in [7, 11) is 1.58. The van der Waals surface area contributed by atoms with Crippen molar-refractivity contribution in [2.75, 3.05) is 29.6 Å². The molecule has 0 spiro atoms. The van der Waals surface area contributed by atoms with E-state index < -0.39 is 0 Å². The Morgan fingerprint density at radius 2 is 1.48 bits per heavy atom. The quantitative estimate of drug-likeness (QED) is 0.383. The minimum Gasteiger partial charge on any atom is -0.497 e. The summed E-state index contributed by atoms with van der Waals surface area (Å²) in [5, 5.41) is 19.7. The van der Waals surface area contributed by atoms with Crippen LogP contribution in [0.1, 0.15) is 10.4 Å². The molecule has 0 fully saturated rings. The summed E-state index contributed by atoms with van der Waals surface area (Å²) in [6.45, 7) is 0.0872. The van der Waals surface area contributed by atoms with Gasteiger partial charge in [-0.2, -0.15) is 0 Å². The topological polar surface area (TPSA) is 123 Å². The van der Waals surface area contributed by atoms with E-state index in [4.69, 9.17) is 4.74 Å². The molecule has 3 N–H and O–H groups in total. The van der Waals surface area contributed by atoms with E-state index in [1.807, 2.05) is 24.3 Å². The maximum atomic E-state index is 12.4. The van der Waals surface area contributed by atoms with Crippen LogP contribution >= 0.6 is 0 Å². The molecule has 0 saturated carbocycles. The van der Waals surface area contributed by atoms with Crippen LogP contribution < -0.4 is 20.7 Å². The van der Waals surface area contributed by atoms with Gasteiger partial charge in [0.2, 0.25) is 5.91 Å². The van der Waals surface area contributed by atoms with E-state index in [1.165, 1.54) is 11.0 Å². The summed E-state index contributed by atoms with van der Waals surface area (Å²) in [6, 6.07) is 21.1. The van der Waals surface area contributed by atoms with Crippen molar-refractivity contribution in [1.82, 2.24) is 20.2 Å². The molecule has 2 amide bonds. The van der Waals surface area contributed by atoms with Crippen LogP contribution in [-0.4, -0.2) is 45.7 Å². The lowest BCUT2D eigenvalue weighted by atomic mass is 10.2. The van der Waals surface area contributed by atoms with Crippen molar-refractivity contribution < 1.29 is 14.3 Å². The number of carbonyl (C=O) groups is 2. The molecular weight excluding hydrogens is 422 g/mol. The first-order valence-corrected chi connectivity index (χ1v) is 10.0. The highest BCUT2D eigenvalue weighted by Gasteiger charge is 2.08. The molecule has 10 heteroatoms. The lowest BCUT2D eigenvalue weighted by Gasteiger charge is -2.10. The van der Waals surface area contributed by atoms with Gasteiger partial charge in [-0.05, 0) is 83.2 Å². The predicted molar refractivity (Wildman–Crippen MR) is 124 cm³/mol. The van der Waals surface area contributed by atoms with Crippen molar-refractivity contribution in [3.8, 4) is 11.4 Å². The average Bonchev–Trinajstić information content (AvgIpc) is 3.39. The fraction of sp³-hybridized carbons (Fsp3) is 0.0870. The molecule has 4 rings (SSSR count). The van der Waals surface area contributed by atoms with Crippen LogP contribution in [0.3, 0.4) is 0 Å². The molecule has 4 aromatic rings. The molecule has 0 bridgehead atoms. The molecule has 0 saturated heterocycles. The maximum Gasteiger partial charge on any atom is 0.255 e. The summed E-state index contributed by atoms with van der Waals surface area (Å²) in [5.41, 5.74) is 3.33. The first kappa shape index (κ1) is 21.5. The first-order chi connectivity index (χ1) is 16.1. The molecule has 0 aliphatic carbocycles. The van der Waals surface area contributed by atoms with Gasteiger partial charge in [-0.15, -0.1) is 5.10 Å². The molecule has 0 unspecified atom stereocenters. The number of nitrogens with one attached hydrogen (secondary N) is 3. The van der Waals surface area contributed by atoms with Gasteiger partial charge in [0.15, 0.2) is 0 Å². The molecule has 0 radical (unpaired) electrons. The Kier molecular flexibility index (Phi) is 6.55. The summed E-state index contributed by atoms with van der Waals surface area (Å²) in [4.78, 5) is 24.7. The predicted octanol–water partition coefficient (Wildman–Crippen LogP) is 2.97. The van der Waals surface area contributed by atoms with Crippen molar-refractivity contribution in [1.29, 1.82) is 0 Å². The van der Waals surface area contributed by atoms with E-state index in [0.717, 1.165) is 11.4 Å². The Balaban J connectivity index is 1.26. The normalized spacial score (nSPS) is 10.3. The second-order valence-corrected chi connectivity index (χ2v) is 6.96. The highest BCUT2D eigenvalue weighted by Crippen LogP contribution is 2.17. The van der Waals surface area contributed by atoms with Crippen LogP contribution in [0.4, 0.5) is 17.1 Å². The van der Waals surface area contributed by atoms with E-state index in [1.54, 1.807) is 55.6 Å². The van der Waals surface area contributed by atoms with E-state index in [2.05, 4.69) is 31.5 Å². The lowest BCUT2D eigenvalue weighted by Crippen LogP contribution is -2.21. The molecule has 33 heavy (non-hydrogen) atoms. The Morgan fingerprint density at radius 1 is 0.848 bits per heavy atom. The number of rotatable bonds is 8. The Labute approximate surface area is 189 Å². The number of benzene rings is 3. The summed E-state index contributed by atoms with van der Waals surface area (Å²) < 4.78 is 6.64. The molecule has 1 heterocycles. The van der Waals surface area contributed by atoms with Crippen molar-refractivity contribution in [3.63, 3.8) is 0 Å². The number of methoxy groups -OCH3 is 1. The zero-order valence-electron chi connectivity index (χ0n) is 17.7. The number of hydrogen-bond donors (Lipinski definition) is 3. The minimum atomic E-state index is -0.246. The van der Waals surface area contributed by atoms with Crippen molar-refractivity contribution >= 4 is 28.9 Å². The van der Waals surface area contributed by atoms with E-state index in [-0.39, 0.29) is 18.4 Å². The molecule has 3 aromatic carbocycles. The van der Waals surface area contributed by atoms with Gasteiger partial charge < -0.3 is 20.7 Å². The van der Waals surface area contributed by atoms with Crippen molar-refractivity contribution in [2.24, 2.45) is 0 Å². The average molecular weight is 443 g/mol. The molecule has 0 aliphatic rings. The summed E-state index contributed by atoms with van der Waals surface area (Å²) in [6.07, 6.45) is 1.50. The van der Waals surface area contributed by atoms with E-state index in [0.29, 0.717) is 22.7 Å². The summed E-state index contributed by atoms with van der Waals surface area (Å²) in [5.74, 6) is 0.253. The Bertz CT molecular complexity index is 1210. The van der Waals surface area contributed by atoms with Crippen molar-refractivity contribution in [3.05, 3.63) is 84.7 Å². The number of carbonyl (C=O) groups excluding carboxylic acids is 2. The molecule has 1 aromatic heterocycles. The molecular formula is C23H21N7O3. The van der Waals surface area contributed by atoms with E-state index in [9.17, 15) is 9.59 Å². The van der Waals surface area contributed by atoms with Crippen molar-refractivity contribution in [2.45, 2.75) is 0 Å². The first-order valence-electron chi connectivity index (χ1n) is 10.0. The van der Waals surface area contributed by atoms with Crippen LogP contribution in [0, 0.1) is 0 Å². The van der Waals surface area contributed by atoms with Gasteiger partial charge in [0.05, 0.1) is 19.3 Å². The van der Waals surface area contributed by atoms with Crippen LogP contribution in [0.5, 0.6) is 5.75 Å². The smallest absolute Gasteiger partial charge is 0.255 e. The molecule has 0 atom stereocenters. The fourth-order valence-electron chi connectivity index (χ4n) is 2.98. The third kappa shape index (κ3) is 5.70. The van der Waals surface area contributed by atoms with Crippen LogP contribution in [0.25, 0.3) is 5.69 Å². The zero-order chi connectivity index (χ0) is 23.0. The number of nitrogens with zero attached hydrogens (tertiary/aromatic N) is 4. The lowest BCUT2D eigenvalue weighted by molar-refractivity contribution is -0.114. The second kappa shape index (κ2) is 10.1.